The fraction of sp³-hybridized carbons (Fsp3) is 0.629. The van der Waals surface area contributed by atoms with E-state index in [0.29, 0.717) is 40.6 Å². The number of anilines is 2. The maximum Gasteiger partial charge on any atom is 0.186 e. The first kappa shape index (κ1) is 29.6. The topological polar surface area (TPSA) is 146 Å². The maximum atomic E-state index is 11.1. The molecule has 246 valence electrons. The Bertz CT molecular complexity index is 1910. The summed E-state index contributed by atoms with van der Waals surface area (Å²) in [5, 5.41) is 32.6. The number of thiophene rings is 1. The Morgan fingerprint density at radius 2 is 1.94 bits per heavy atom. The summed E-state index contributed by atoms with van der Waals surface area (Å²) >= 11 is 1.56. The van der Waals surface area contributed by atoms with Gasteiger partial charge in [0.05, 0.1) is 34.2 Å². The molecule has 12 heteroatoms. The molecule has 1 saturated carbocycles. The van der Waals surface area contributed by atoms with Crippen molar-refractivity contribution < 1.29 is 9.63 Å². The molecule has 3 fully saturated rings. The molecule has 1 spiro atoms. The number of rotatable bonds is 3. The summed E-state index contributed by atoms with van der Waals surface area (Å²) in [6.07, 6.45) is 13.9. The number of nitrogens with zero attached hydrogens (tertiary/aromatic N) is 8. The number of hydrogen-bond acceptors (Lipinski definition) is 11. The van der Waals surface area contributed by atoms with E-state index in [0.717, 1.165) is 105 Å². The number of nitrogen functional groups attached to an aromatic ring is 1. The zero-order valence-electron chi connectivity index (χ0n) is 27.3. The van der Waals surface area contributed by atoms with E-state index < -0.39 is 11.0 Å². The van der Waals surface area contributed by atoms with Crippen LogP contribution in [0, 0.1) is 17.2 Å². The van der Waals surface area contributed by atoms with Crippen molar-refractivity contribution in [2.24, 2.45) is 5.92 Å². The number of aromatic nitrogens is 5. The monoisotopic (exact) mass is 653 g/mol. The molecular formula is C35H43N9O2S. The van der Waals surface area contributed by atoms with Crippen LogP contribution in [0.3, 0.4) is 0 Å². The first-order valence-electron chi connectivity index (χ1n) is 17.5. The first-order valence-corrected chi connectivity index (χ1v) is 18.3. The van der Waals surface area contributed by atoms with Crippen LogP contribution in [0.1, 0.15) is 105 Å². The van der Waals surface area contributed by atoms with E-state index in [-0.39, 0.29) is 6.04 Å². The Morgan fingerprint density at radius 1 is 1.09 bits per heavy atom. The molecule has 4 aromatic heterocycles. The minimum absolute atomic E-state index is 0.238. The van der Waals surface area contributed by atoms with E-state index in [1.165, 1.54) is 24.1 Å². The molecule has 5 aliphatic rings. The molecule has 0 unspecified atom stereocenters. The minimum atomic E-state index is -0.798. The summed E-state index contributed by atoms with van der Waals surface area (Å²) < 4.78 is 8.55. The summed E-state index contributed by atoms with van der Waals surface area (Å²) in [5.74, 6) is 2.90. The van der Waals surface area contributed by atoms with Gasteiger partial charge >= 0.3 is 0 Å². The van der Waals surface area contributed by atoms with E-state index in [1.54, 1.807) is 11.3 Å². The molecule has 3 N–H and O–H groups in total. The second-order valence-corrected chi connectivity index (χ2v) is 16.3. The van der Waals surface area contributed by atoms with Gasteiger partial charge in [-0.1, -0.05) is 11.6 Å². The average molecular weight is 654 g/mol. The van der Waals surface area contributed by atoms with Crippen LogP contribution < -0.4 is 10.6 Å². The molecule has 2 saturated heterocycles. The molecule has 5 atom stereocenters. The lowest BCUT2D eigenvalue weighted by atomic mass is 9.63. The fourth-order valence-corrected chi connectivity index (χ4v) is 11.3. The van der Waals surface area contributed by atoms with Gasteiger partial charge in [-0.25, -0.2) is 14.6 Å². The summed E-state index contributed by atoms with van der Waals surface area (Å²) in [5.41, 5.74) is 9.44. The largest absolute Gasteiger partial charge is 0.389 e. The summed E-state index contributed by atoms with van der Waals surface area (Å²) in [4.78, 5) is 16.5. The second kappa shape index (κ2) is 10.7. The summed E-state index contributed by atoms with van der Waals surface area (Å²) in [6.45, 7) is 4.35. The van der Waals surface area contributed by atoms with E-state index in [4.69, 9.17) is 30.5 Å². The van der Waals surface area contributed by atoms with Crippen LogP contribution in [0.5, 0.6) is 0 Å². The highest BCUT2D eigenvalue weighted by molar-refractivity contribution is 7.16. The Labute approximate surface area is 278 Å². The maximum absolute atomic E-state index is 11.1. The molecule has 0 aromatic carbocycles. The van der Waals surface area contributed by atoms with Crippen molar-refractivity contribution in [2.45, 2.75) is 107 Å². The predicted molar refractivity (Wildman–Crippen MR) is 180 cm³/mol. The predicted octanol–water partition coefficient (Wildman–Crippen LogP) is 5.35. The van der Waals surface area contributed by atoms with E-state index in [1.807, 2.05) is 13.1 Å². The molecule has 9 rings (SSSR count). The third kappa shape index (κ3) is 4.42. The van der Waals surface area contributed by atoms with Crippen LogP contribution in [-0.4, -0.2) is 73.2 Å². The van der Waals surface area contributed by atoms with Crippen LogP contribution in [0.2, 0.25) is 0 Å². The number of fused-ring (bicyclic) bond motifs is 6. The molecule has 11 nitrogen and oxygen atoms in total. The first-order chi connectivity index (χ1) is 22.8. The number of likely N-dealkylation sites (tertiary alicyclic amines) is 1. The molecule has 6 heterocycles. The van der Waals surface area contributed by atoms with Gasteiger partial charge in [0.15, 0.2) is 22.9 Å². The Balaban J connectivity index is 1.22. The molecule has 0 radical (unpaired) electrons. The number of piperidine rings is 1. The van der Waals surface area contributed by atoms with Crippen LogP contribution in [-0.2, 0) is 18.3 Å². The molecular weight excluding hydrogens is 611 g/mol. The van der Waals surface area contributed by atoms with Crippen LogP contribution in [0.15, 0.2) is 10.7 Å². The smallest absolute Gasteiger partial charge is 0.186 e. The van der Waals surface area contributed by atoms with Gasteiger partial charge in [-0.15, -0.1) is 11.3 Å². The summed E-state index contributed by atoms with van der Waals surface area (Å²) in [6, 6.07) is 3.11. The third-order valence-electron chi connectivity index (χ3n) is 12.1. The van der Waals surface area contributed by atoms with Crippen molar-refractivity contribution in [3.8, 4) is 17.6 Å². The fourth-order valence-electron chi connectivity index (χ4n) is 10.1. The van der Waals surface area contributed by atoms with Crippen LogP contribution in [0.4, 0.5) is 10.8 Å². The molecule has 2 aliphatic heterocycles. The van der Waals surface area contributed by atoms with Crippen molar-refractivity contribution in [2.75, 3.05) is 37.3 Å². The number of hydrogen-bond donors (Lipinski definition) is 2. The second-order valence-electron chi connectivity index (χ2n) is 15.1. The number of nitrogens with two attached hydrogens (primary N) is 1. The van der Waals surface area contributed by atoms with E-state index in [9.17, 15) is 10.4 Å². The Morgan fingerprint density at radius 3 is 2.77 bits per heavy atom. The van der Waals surface area contributed by atoms with Crippen molar-refractivity contribution in [1.82, 2.24) is 29.8 Å². The van der Waals surface area contributed by atoms with Crippen LogP contribution >= 0.6 is 11.3 Å². The lowest BCUT2D eigenvalue weighted by Gasteiger charge is -2.39. The van der Waals surface area contributed by atoms with Crippen molar-refractivity contribution in [1.29, 1.82) is 5.26 Å². The number of β-amino-alcohol motifs (C(OH)–C–C–N with tert-alkyl or cyclic N) is 1. The third-order valence-corrected chi connectivity index (χ3v) is 13.2. The normalized spacial score (nSPS) is 30.8. The highest BCUT2D eigenvalue weighted by Gasteiger charge is 2.49. The highest BCUT2D eigenvalue weighted by Crippen LogP contribution is 2.55. The number of aryl methyl sites for hydroxylation is 1. The molecule has 47 heavy (non-hydrogen) atoms. The van der Waals surface area contributed by atoms with Gasteiger partial charge in [0.2, 0.25) is 0 Å². The highest BCUT2D eigenvalue weighted by atomic mass is 32.1. The van der Waals surface area contributed by atoms with Gasteiger partial charge < -0.3 is 25.2 Å². The molecule has 3 aliphatic carbocycles. The number of aliphatic hydroxyl groups is 1. The van der Waals surface area contributed by atoms with E-state index in [2.05, 4.69) is 27.6 Å². The molecule has 0 bridgehead atoms. The van der Waals surface area contributed by atoms with Gasteiger partial charge in [-0.3, -0.25) is 0 Å². The lowest BCUT2D eigenvalue weighted by molar-refractivity contribution is 0.0448. The van der Waals surface area contributed by atoms with E-state index >= 15 is 0 Å². The molecule has 4 aromatic rings. The zero-order valence-corrected chi connectivity index (χ0v) is 28.2. The SMILES string of the molecule is CN1CC[C@@H]2CCC[C@H](n3ncc4c(N5CCC[C@@](C)(O)C5)nc(-c5noc6c5CCC[C@@]65CCCc6sc(N)c(C#N)c65)nc43)[C@H]21. The van der Waals surface area contributed by atoms with Crippen molar-refractivity contribution >= 4 is 33.2 Å². The van der Waals surface area contributed by atoms with Crippen LogP contribution in [0.25, 0.3) is 22.6 Å². The number of nitriles is 1. The lowest BCUT2D eigenvalue weighted by Crippen LogP contribution is -2.46. The zero-order chi connectivity index (χ0) is 32.1. The number of likely N-dealkylation sites (N-methyl/N-ethyl adjacent to an activating group) is 1. The Kier molecular flexibility index (Phi) is 6.76. The standard InChI is InChI=1S/C35H43N9O2S/c1-34(45)12-6-15-43(19-34)32-23-18-38-44(24-9-3-7-20-11-16-42(2)28(20)24)33(23)40-31(39-32)27-21-8-4-13-35(29(21)46-41-27)14-5-10-25-26(35)22(17-36)30(37)47-25/h18,20,24,28,45H,3-16,19,37H2,1-2H3/t20-,24-,28-,34+,35-/m0/s1. The quantitative estimate of drug-likeness (QED) is 0.297. The van der Waals surface area contributed by atoms with Gasteiger partial charge in [-0.05, 0) is 103 Å². The Hall–Kier alpha value is -3.53. The van der Waals surface area contributed by atoms with Gasteiger partial charge in [0.25, 0.3) is 0 Å². The van der Waals surface area contributed by atoms with Gasteiger partial charge in [0.1, 0.15) is 16.9 Å². The average Bonchev–Trinajstić information content (AvgIpc) is 3.84. The molecule has 0 amide bonds. The van der Waals surface area contributed by atoms with Gasteiger partial charge in [-0.2, -0.15) is 10.4 Å². The summed E-state index contributed by atoms with van der Waals surface area (Å²) in [7, 11) is 2.25. The van der Waals surface area contributed by atoms with Gasteiger partial charge in [0, 0.05) is 29.6 Å². The van der Waals surface area contributed by atoms with Crippen molar-refractivity contribution in [3.63, 3.8) is 0 Å². The minimum Gasteiger partial charge on any atom is -0.389 e. The van der Waals surface area contributed by atoms with Crippen molar-refractivity contribution in [3.05, 3.63) is 33.5 Å².